The van der Waals surface area contributed by atoms with E-state index in [4.69, 9.17) is 9.47 Å². The Labute approximate surface area is 193 Å². The third-order valence-corrected chi connectivity index (χ3v) is 7.91. The Bertz CT molecular complexity index is 975. The Morgan fingerprint density at radius 3 is 1.69 bits per heavy atom. The number of ether oxygens (including phenoxy) is 2. The number of hydrogen-bond acceptors (Lipinski definition) is 4. The van der Waals surface area contributed by atoms with Crippen LogP contribution >= 0.6 is 11.8 Å². The molecular formula is C27H27NO3S. The first-order valence-corrected chi connectivity index (χ1v) is 11.8. The van der Waals surface area contributed by atoms with E-state index >= 15 is 0 Å². The SMILES string of the molecule is CC1(C)OCC(C2C(=O)NC2SC(c2ccccc2)(c2ccccc2)c2ccccc2)O1. The van der Waals surface area contributed by atoms with Crippen molar-refractivity contribution in [3.8, 4) is 0 Å². The molecule has 0 radical (unpaired) electrons. The maximum atomic E-state index is 12.7. The van der Waals surface area contributed by atoms with Crippen molar-refractivity contribution in [2.75, 3.05) is 6.61 Å². The molecule has 0 spiro atoms. The van der Waals surface area contributed by atoms with Gasteiger partial charge in [-0.1, -0.05) is 91.0 Å². The number of amides is 1. The molecule has 164 valence electrons. The highest BCUT2D eigenvalue weighted by atomic mass is 32.2. The average molecular weight is 446 g/mol. The fourth-order valence-corrected chi connectivity index (χ4v) is 6.46. The van der Waals surface area contributed by atoms with Crippen molar-refractivity contribution < 1.29 is 14.3 Å². The van der Waals surface area contributed by atoms with Crippen LogP contribution in [-0.2, 0) is 19.0 Å². The highest BCUT2D eigenvalue weighted by Gasteiger charge is 2.53. The molecule has 3 unspecified atom stereocenters. The van der Waals surface area contributed by atoms with Gasteiger partial charge in [-0.15, -0.1) is 11.8 Å². The van der Waals surface area contributed by atoms with Crippen LogP contribution in [0.15, 0.2) is 91.0 Å². The molecule has 2 heterocycles. The molecule has 2 saturated heterocycles. The summed E-state index contributed by atoms with van der Waals surface area (Å²) in [4.78, 5) is 12.7. The number of β-lactam (4-membered cyclic amide) rings is 1. The molecule has 0 aromatic heterocycles. The molecule has 0 aliphatic carbocycles. The number of carbonyl (C=O) groups is 1. The quantitative estimate of drug-likeness (QED) is 0.432. The van der Waals surface area contributed by atoms with Gasteiger partial charge in [-0.2, -0.15) is 0 Å². The van der Waals surface area contributed by atoms with E-state index in [9.17, 15) is 4.79 Å². The molecule has 5 rings (SSSR count). The molecular weight excluding hydrogens is 418 g/mol. The summed E-state index contributed by atoms with van der Waals surface area (Å²) in [5.41, 5.74) is 3.52. The summed E-state index contributed by atoms with van der Waals surface area (Å²) in [5, 5.41) is 3.04. The van der Waals surface area contributed by atoms with E-state index in [-0.39, 0.29) is 23.3 Å². The van der Waals surface area contributed by atoms with Crippen molar-refractivity contribution in [3.63, 3.8) is 0 Å². The Morgan fingerprint density at radius 2 is 1.31 bits per heavy atom. The number of benzene rings is 3. The molecule has 0 bridgehead atoms. The molecule has 3 aromatic rings. The minimum Gasteiger partial charge on any atom is -0.348 e. The Balaban J connectivity index is 1.60. The van der Waals surface area contributed by atoms with Gasteiger partial charge in [0.15, 0.2) is 5.79 Å². The molecule has 5 heteroatoms. The third-order valence-electron chi connectivity index (χ3n) is 6.19. The zero-order valence-corrected chi connectivity index (χ0v) is 19.0. The number of thioether (sulfide) groups is 1. The maximum absolute atomic E-state index is 12.7. The molecule has 2 aliphatic heterocycles. The third kappa shape index (κ3) is 3.75. The van der Waals surface area contributed by atoms with Crippen molar-refractivity contribution in [2.24, 2.45) is 5.92 Å². The van der Waals surface area contributed by atoms with Crippen molar-refractivity contribution in [1.29, 1.82) is 0 Å². The second kappa shape index (κ2) is 8.39. The molecule has 1 amide bonds. The van der Waals surface area contributed by atoms with Crippen LogP contribution in [0.4, 0.5) is 0 Å². The monoisotopic (exact) mass is 445 g/mol. The maximum Gasteiger partial charge on any atom is 0.229 e. The van der Waals surface area contributed by atoms with Crippen LogP contribution in [0.2, 0.25) is 0 Å². The van der Waals surface area contributed by atoms with E-state index in [1.165, 1.54) is 16.7 Å². The van der Waals surface area contributed by atoms with E-state index < -0.39 is 10.5 Å². The first-order valence-electron chi connectivity index (χ1n) is 11.0. The number of carbonyl (C=O) groups excluding carboxylic acids is 1. The van der Waals surface area contributed by atoms with E-state index in [2.05, 4.69) is 78.1 Å². The molecule has 32 heavy (non-hydrogen) atoms. The summed E-state index contributed by atoms with van der Waals surface area (Å²) < 4.78 is 11.4. The topological polar surface area (TPSA) is 47.6 Å². The minimum atomic E-state index is -0.662. The Kier molecular flexibility index (Phi) is 5.58. The highest BCUT2D eigenvalue weighted by molar-refractivity contribution is 8.01. The zero-order valence-electron chi connectivity index (χ0n) is 18.2. The fraction of sp³-hybridized carbons (Fsp3) is 0.296. The van der Waals surface area contributed by atoms with Gasteiger partial charge in [0.25, 0.3) is 0 Å². The molecule has 3 atom stereocenters. The van der Waals surface area contributed by atoms with E-state index in [1.807, 2.05) is 32.0 Å². The van der Waals surface area contributed by atoms with Gasteiger partial charge in [0.2, 0.25) is 5.91 Å². The van der Waals surface area contributed by atoms with Crippen LogP contribution in [0.1, 0.15) is 30.5 Å². The lowest BCUT2D eigenvalue weighted by Crippen LogP contribution is -2.62. The normalized spacial score (nSPS) is 24.6. The second-order valence-corrected chi connectivity index (χ2v) is 10.1. The molecule has 4 nitrogen and oxygen atoms in total. The molecule has 2 aliphatic rings. The van der Waals surface area contributed by atoms with Crippen molar-refractivity contribution in [1.82, 2.24) is 5.32 Å². The smallest absolute Gasteiger partial charge is 0.229 e. The van der Waals surface area contributed by atoms with E-state index in [0.717, 1.165) is 0 Å². The second-order valence-electron chi connectivity index (χ2n) is 8.72. The van der Waals surface area contributed by atoms with Crippen LogP contribution in [0.3, 0.4) is 0 Å². The Morgan fingerprint density at radius 1 is 0.844 bits per heavy atom. The summed E-state index contributed by atoms with van der Waals surface area (Å²) in [6.07, 6.45) is -0.253. The molecule has 3 aromatic carbocycles. The largest absolute Gasteiger partial charge is 0.348 e. The van der Waals surface area contributed by atoms with E-state index in [0.29, 0.717) is 6.61 Å². The first kappa shape index (κ1) is 21.3. The van der Waals surface area contributed by atoms with Gasteiger partial charge in [0.1, 0.15) is 0 Å². The lowest BCUT2D eigenvalue weighted by Gasteiger charge is -2.45. The average Bonchev–Trinajstić information content (AvgIpc) is 3.16. The first-order chi connectivity index (χ1) is 15.5. The summed E-state index contributed by atoms with van der Waals surface area (Å²) >= 11 is 1.77. The van der Waals surface area contributed by atoms with Gasteiger partial charge in [0.05, 0.1) is 28.7 Å². The van der Waals surface area contributed by atoms with Crippen molar-refractivity contribution in [2.45, 2.75) is 35.9 Å². The van der Waals surface area contributed by atoms with Crippen LogP contribution in [0, 0.1) is 5.92 Å². The molecule has 1 N–H and O–H groups in total. The van der Waals surface area contributed by atoms with Gasteiger partial charge in [0, 0.05) is 0 Å². The summed E-state index contributed by atoms with van der Waals surface area (Å²) in [7, 11) is 0. The molecule has 0 saturated carbocycles. The Hall–Kier alpha value is -2.60. The van der Waals surface area contributed by atoms with Crippen molar-refractivity contribution >= 4 is 17.7 Å². The predicted molar refractivity (Wildman–Crippen MR) is 127 cm³/mol. The van der Waals surface area contributed by atoms with Gasteiger partial charge in [-0.3, -0.25) is 4.79 Å². The lowest BCUT2D eigenvalue weighted by molar-refractivity contribution is -0.157. The summed E-state index contributed by atoms with van der Waals surface area (Å²) in [6, 6.07) is 31.6. The van der Waals surface area contributed by atoms with Crippen molar-refractivity contribution in [3.05, 3.63) is 108 Å². The summed E-state index contributed by atoms with van der Waals surface area (Å²) in [5.74, 6) is -0.903. The van der Waals surface area contributed by atoms with Crippen LogP contribution in [0.25, 0.3) is 0 Å². The highest BCUT2D eigenvalue weighted by Crippen LogP contribution is 2.53. The minimum absolute atomic E-state index is 0.0249. The standard InChI is InChI=1S/C27H27NO3S/c1-26(2)30-18-22(31-26)23-24(29)28-25(23)32-27(19-12-6-3-7-13-19,20-14-8-4-9-15-20)21-16-10-5-11-17-21/h3-17,22-23,25H,18H2,1-2H3,(H,28,29). The predicted octanol–water partition coefficient (Wildman–Crippen LogP) is 4.94. The van der Waals surface area contributed by atoms with Crippen LogP contribution in [0.5, 0.6) is 0 Å². The van der Waals surface area contributed by atoms with Gasteiger partial charge >= 0.3 is 0 Å². The summed E-state index contributed by atoms with van der Waals surface area (Å²) in [6.45, 7) is 4.22. The zero-order chi connectivity index (χ0) is 22.2. The van der Waals surface area contributed by atoms with Crippen LogP contribution < -0.4 is 5.32 Å². The van der Waals surface area contributed by atoms with Gasteiger partial charge in [-0.05, 0) is 30.5 Å². The fourth-order valence-electron chi connectivity index (χ4n) is 4.64. The lowest BCUT2D eigenvalue weighted by atomic mass is 9.84. The molecule has 2 fully saturated rings. The van der Waals surface area contributed by atoms with Crippen LogP contribution in [-0.4, -0.2) is 29.8 Å². The number of nitrogens with one attached hydrogen (secondary N) is 1. The van der Waals surface area contributed by atoms with Gasteiger partial charge < -0.3 is 14.8 Å². The number of hydrogen-bond donors (Lipinski definition) is 1. The van der Waals surface area contributed by atoms with E-state index in [1.54, 1.807) is 11.8 Å². The van der Waals surface area contributed by atoms with Gasteiger partial charge in [-0.25, -0.2) is 0 Å². The number of rotatable bonds is 6.